The van der Waals surface area contributed by atoms with Crippen molar-refractivity contribution in [3.8, 4) is 0 Å². The van der Waals surface area contributed by atoms with E-state index in [0.717, 1.165) is 5.75 Å². The first-order valence-electron chi connectivity index (χ1n) is 9.63. The fraction of sp³-hybridized carbons (Fsp3) is 0.667. The molecule has 0 bridgehead atoms. The molecular weight excluding hydrogens is 378 g/mol. The lowest BCUT2D eigenvalue weighted by atomic mass is 9.84. The SMILES string of the molecule is CCN(C(=O)CSCc1c(C)cc(C(C)(C)C)cc1C)[C@H]1CCS(=O)(=O)C1. The first-order chi connectivity index (χ1) is 12.4. The van der Waals surface area contributed by atoms with Gasteiger partial charge in [0, 0.05) is 18.3 Å². The van der Waals surface area contributed by atoms with Gasteiger partial charge in [-0.1, -0.05) is 32.9 Å². The van der Waals surface area contributed by atoms with Crippen LogP contribution in [0.25, 0.3) is 0 Å². The number of hydrogen-bond donors (Lipinski definition) is 0. The van der Waals surface area contributed by atoms with Crippen LogP contribution in [0.5, 0.6) is 0 Å². The summed E-state index contributed by atoms with van der Waals surface area (Å²) >= 11 is 1.62. The second-order valence-electron chi connectivity index (χ2n) is 8.57. The van der Waals surface area contributed by atoms with Gasteiger partial charge in [0.25, 0.3) is 0 Å². The van der Waals surface area contributed by atoms with E-state index in [2.05, 4.69) is 46.8 Å². The molecule has 1 aliphatic heterocycles. The lowest BCUT2D eigenvalue weighted by Crippen LogP contribution is -2.41. The summed E-state index contributed by atoms with van der Waals surface area (Å²) in [5, 5.41) is 0. The highest BCUT2D eigenvalue weighted by molar-refractivity contribution is 7.99. The predicted molar refractivity (Wildman–Crippen MR) is 115 cm³/mol. The zero-order valence-electron chi connectivity index (χ0n) is 17.5. The standard InChI is InChI=1S/C21H33NO3S2/c1-7-22(18-8-9-27(24,25)14-18)20(23)13-26-12-19-15(2)10-17(11-16(19)3)21(4,5)6/h10-11,18H,7-9,12-14H2,1-6H3/t18-/m0/s1. The Morgan fingerprint density at radius 3 is 2.26 bits per heavy atom. The highest BCUT2D eigenvalue weighted by Gasteiger charge is 2.33. The summed E-state index contributed by atoms with van der Waals surface area (Å²) in [6, 6.07) is 4.36. The maximum atomic E-state index is 12.6. The minimum Gasteiger partial charge on any atom is -0.338 e. The van der Waals surface area contributed by atoms with E-state index in [1.54, 1.807) is 16.7 Å². The summed E-state index contributed by atoms with van der Waals surface area (Å²) in [7, 11) is -2.98. The molecule has 0 unspecified atom stereocenters. The second-order valence-corrected chi connectivity index (χ2v) is 11.8. The van der Waals surface area contributed by atoms with Gasteiger partial charge in [-0.05, 0) is 54.9 Å². The number of thioether (sulfide) groups is 1. The highest BCUT2D eigenvalue weighted by Crippen LogP contribution is 2.29. The number of carbonyl (C=O) groups is 1. The van der Waals surface area contributed by atoms with Gasteiger partial charge in [0.05, 0.1) is 17.3 Å². The van der Waals surface area contributed by atoms with Gasteiger partial charge in [-0.25, -0.2) is 8.42 Å². The van der Waals surface area contributed by atoms with E-state index in [1.165, 1.54) is 22.3 Å². The molecule has 0 N–H and O–H groups in total. The van der Waals surface area contributed by atoms with Gasteiger partial charge in [0.1, 0.15) is 0 Å². The first kappa shape index (κ1) is 22.3. The van der Waals surface area contributed by atoms with Crippen LogP contribution in [0.1, 0.15) is 56.4 Å². The van der Waals surface area contributed by atoms with Crippen molar-refractivity contribution in [3.63, 3.8) is 0 Å². The van der Waals surface area contributed by atoms with Crippen LogP contribution < -0.4 is 0 Å². The van der Waals surface area contributed by atoms with Crippen molar-refractivity contribution >= 4 is 27.5 Å². The van der Waals surface area contributed by atoms with Gasteiger partial charge in [-0.15, -0.1) is 11.8 Å². The highest BCUT2D eigenvalue weighted by atomic mass is 32.2. The normalized spacial score (nSPS) is 19.3. The molecule has 0 spiro atoms. The molecular formula is C21H33NO3S2. The second kappa shape index (κ2) is 8.56. The largest absolute Gasteiger partial charge is 0.338 e. The number of hydrogen-bond acceptors (Lipinski definition) is 4. The minimum absolute atomic E-state index is 0.0474. The van der Waals surface area contributed by atoms with Gasteiger partial charge in [0.2, 0.25) is 5.91 Å². The van der Waals surface area contributed by atoms with Crippen molar-refractivity contribution in [2.24, 2.45) is 0 Å². The lowest BCUT2D eigenvalue weighted by molar-refractivity contribution is -0.129. The number of sulfone groups is 1. The summed E-state index contributed by atoms with van der Waals surface area (Å²) in [4.78, 5) is 14.4. The molecule has 152 valence electrons. The van der Waals surface area contributed by atoms with Crippen LogP contribution >= 0.6 is 11.8 Å². The molecule has 1 aliphatic rings. The molecule has 6 heteroatoms. The van der Waals surface area contributed by atoms with Crippen molar-refractivity contribution in [3.05, 3.63) is 34.4 Å². The fourth-order valence-electron chi connectivity index (χ4n) is 3.64. The zero-order chi connectivity index (χ0) is 20.4. The maximum absolute atomic E-state index is 12.6. The summed E-state index contributed by atoms with van der Waals surface area (Å²) in [6.45, 7) is 13.4. The van der Waals surface area contributed by atoms with E-state index in [9.17, 15) is 13.2 Å². The summed E-state index contributed by atoms with van der Waals surface area (Å²) < 4.78 is 23.4. The topological polar surface area (TPSA) is 54.5 Å². The van der Waals surface area contributed by atoms with E-state index < -0.39 is 9.84 Å². The van der Waals surface area contributed by atoms with Crippen LogP contribution in [0.4, 0.5) is 0 Å². The number of nitrogens with zero attached hydrogens (tertiary/aromatic N) is 1. The van der Waals surface area contributed by atoms with Gasteiger partial charge in [-0.3, -0.25) is 4.79 Å². The molecule has 1 fully saturated rings. The number of carbonyl (C=O) groups excluding carboxylic acids is 1. The monoisotopic (exact) mass is 411 g/mol. The summed E-state index contributed by atoms with van der Waals surface area (Å²) in [5.41, 5.74) is 5.30. The fourth-order valence-corrected chi connectivity index (χ4v) is 6.47. The summed E-state index contributed by atoms with van der Waals surface area (Å²) in [6.07, 6.45) is 0.569. The van der Waals surface area contributed by atoms with Crippen molar-refractivity contribution < 1.29 is 13.2 Å². The Balaban J connectivity index is 1.98. The lowest BCUT2D eigenvalue weighted by Gasteiger charge is -2.27. The Labute approximate surface area is 169 Å². The van der Waals surface area contributed by atoms with E-state index in [0.29, 0.717) is 18.7 Å². The van der Waals surface area contributed by atoms with Gasteiger partial charge in [-0.2, -0.15) is 0 Å². The molecule has 1 heterocycles. The molecule has 0 saturated carbocycles. The van der Waals surface area contributed by atoms with Crippen LogP contribution in [-0.4, -0.2) is 49.1 Å². The molecule has 0 radical (unpaired) electrons. The molecule has 0 aromatic heterocycles. The van der Waals surface area contributed by atoms with E-state index >= 15 is 0 Å². The van der Waals surface area contributed by atoms with E-state index in [-0.39, 0.29) is 28.9 Å². The third-order valence-electron chi connectivity index (χ3n) is 5.34. The first-order valence-corrected chi connectivity index (χ1v) is 12.6. The smallest absolute Gasteiger partial charge is 0.232 e. The molecule has 1 amide bonds. The Bertz CT molecular complexity index is 771. The third-order valence-corrected chi connectivity index (χ3v) is 8.04. The number of amides is 1. The third kappa shape index (κ3) is 5.74. The molecule has 4 nitrogen and oxygen atoms in total. The molecule has 1 aromatic carbocycles. The molecule has 27 heavy (non-hydrogen) atoms. The molecule has 1 atom stereocenters. The van der Waals surface area contributed by atoms with E-state index in [4.69, 9.17) is 0 Å². The average Bonchev–Trinajstić information content (AvgIpc) is 2.89. The average molecular weight is 412 g/mol. The predicted octanol–water partition coefficient (Wildman–Crippen LogP) is 3.87. The van der Waals surface area contributed by atoms with Gasteiger partial charge in [0.15, 0.2) is 9.84 Å². The summed E-state index contributed by atoms with van der Waals surface area (Å²) in [5.74, 6) is 1.56. The number of rotatable bonds is 6. The van der Waals surface area contributed by atoms with Crippen molar-refractivity contribution in [1.29, 1.82) is 0 Å². The Morgan fingerprint density at radius 2 is 1.81 bits per heavy atom. The minimum atomic E-state index is -2.98. The Kier molecular flexibility index (Phi) is 7.06. The zero-order valence-corrected chi connectivity index (χ0v) is 19.1. The molecule has 2 rings (SSSR count). The van der Waals surface area contributed by atoms with Crippen LogP contribution in [0.3, 0.4) is 0 Å². The Hall–Kier alpha value is -1.01. The van der Waals surface area contributed by atoms with E-state index in [1.807, 2.05) is 6.92 Å². The van der Waals surface area contributed by atoms with Crippen LogP contribution in [0.2, 0.25) is 0 Å². The van der Waals surface area contributed by atoms with Gasteiger partial charge >= 0.3 is 0 Å². The van der Waals surface area contributed by atoms with Crippen molar-refractivity contribution in [2.45, 2.75) is 65.2 Å². The molecule has 1 saturated heterocycles. The quantitative estimate of drug-likeness (QED) is 0.713. The Morgan fingerprint density at radius 1 is 1.22 bits per heavy atom. The van der Waals surface area contributed by atoms with Crippen LogP contribution in [0.15, 0.2) is 12.1 Å². The number of benzene rings is 1. The maximum Gasteiger partial charge on any atom is 0.232 e. The van der Waals surface area contributed by atoms with Gasteiger partial charge < -0.3 is 4.90 Å². The van der Waals surface area contributed by atoms with Crippen molar-refractivity contribution in [1.82, 2.24) is 4.90 Å². The number of aryl methyl sites for hydroxylation is 2. The van der Waals surface area contributed by atoms with Crippen LogP contribution in [0, 0.1) is 13.8 Å². The van der Waals surface area contributed by atoms with Crippen molar-refractivity contribution in [2.75, 3.05) is 23.8 Å². The molecule has 0 aliphatic carbocycles. The molecule has 1 aromatic rings. The van der Waals surface area contributed by atoms with Crippen LogP contribution in [-0.2, 0) is 25.8 Å².